The topological polar surface area (TPSA) is 32.3 Å². The minimum absolute atomic E-state index is 0.244. The zero-order chi connectivity index (χ0) is 14.7. The number of piperidine rings is 1. The smallest absolute Gasteiger partial charge is 0.321 e. The SMILES string of the molecule is CC1(C)[C@@H]2CN(C(=O)Nc3cc(F)c(F)cc3Br)C[C@@H]21. The van der Waals surface area contributed by atoms with E-state index in [-0.39, 0.29) is 11.7 Å². The number of rotatable bonds is 1. The summed E-state index contributed by atoms with van der Waals surface area (Å²) in [5.74, 6) is -0.809. The van der Waals surface area contributed by atoms with Gasteiger partial charge >= 0.3 is 6.03 Å². The standard InChI is InChI=1S/C14H15BrF2N2O/c1-14(2)7-5-19(6-8(7)14)13(20)18-12-4-11(17)10(16)3-9(12)15/h3-4,7-8H,5-6H2,1-2H3,(H,18,20)/t7-,8+. The Labute approximate surface area is 124 Å². The fourth-order valence-electron chi connectivity index (χ4n) is 3.11. The Morgan fingerprint density at radius 1 is 1.30 bits per heavy atom. The van der Waals surface area contributed by atoms with Crippen LogP contribution in [0.5, 0.6) is 0 Å². The summed E-state index contributed by atoms with van der Waals surface area (Å²) in [4.78, 5) is 13.8. The van der Waals surface area contributed by atoms with E-state index < -0.39 is 11.6 Å². The molecule has 2 aliphatic rings. The lowest BCUT2D eigenvalue weighted by atomic mass is 10.1. The van der Waals surface area contributed by atoms with E-state index in [1.54, 1.807) is 4.90 Å². The van der Waals surface area contributed by atoms with Gasteiger partial charge in [0.05, 0.1) is 5.69 Å². The average Bonchev–Trinajstić information content (AvgIpc) is 2.78. The molecule has 0 unspecified atom stereocenters. The molecule has 3 rings (SSSR count). The summed E-state index contributed by atoms with van der Waals surface area (Å²) in [6.45, 7) is 5.88. The van der Waals surface area contributed by atoms with Crippen molar-refractivity contribution in [3.63, 3.8) is 0 Å². The molecule has 3 nitrogen and oxygen atoms in total. The fourth-order valence-corrected chi connectivity index (χ4v) is 3.52. The lowest BCUT2D eigenvalue weighted by Crippen LogP contribution is -2.36. The molecular weight excluding hydrogens is 330 g/mol. The maximum absolute atomic E-state index is 13.2. The number of carbonyl (C=O) groups is 1. The lowest BCUT2D eigenvalue weighted by Gasteiger charge is -2.22. The number of nitrogens with one attached hydrogen (secondary N) is 1. The number of anilines is 1. The second-order valence-electron chi connectivity index (χ2n) is 6.12. The zero-order valence-corrected chi connectivity index (χ0v) is 12.8. The zero-order valence-electron chi connectivity index (χ0n) is 11.2. The maximum atomic E-state index is 13.2. The van der Waals surface area contributed by atoms with Gasteiger partial charge < -0.3 is 10.2 Å². The summed E-state index contributed by atoms with van der Waals surface area (Å²) in [5, 5.41) is 2.62. The molecule has 0 radical (unpaired) electrons. The van der Waals surface area contributed by atoms with Crippen LogP contribution in [0.2, 0.25) is 0 Å². The van der Waals surface area contributed by atoms with Gasteiger partial charge in [0.25, 0.3) is 0 Å². The molecule has 1 heterocycles. The summed E-state index contributed by atoms with van der Waals surface area (Å²) in [6, 6.07) is 1.73. The number of nitrogens with zero attached hydrogens (tertiary/aromatic N) is 1. The number of likely N-dealkylation sites (tertiary alicyclic amines) is 1. The number of fused-ring (bicyclic) bond motifs is 1. The summed E-state index contributed by atoms with van der Waals surface area (Å²) in [7, 11) is 0. The van der Waals surface area contributed by atoms with Gasteiger partial charge in [0, 0.05) is 23.6 Å². The highest BCUT2D eigenvalue weighted by molar-refractivity contribution is 9.10. The third-order valence-electron chi connectivity index (χ3n) is 4.66. The maximum Gasteiger partial charge on any atom is 0.321 e. The van der Waals surface area contributed by atoms with Crippen LogP contribution in [0.1, 0.15) is 13.8 Å². The summed E-state index contributed by atoms with van der Waals surface area (Å²) in [6.07, 6.45) is 0. The molecule has 108 valence electrons. The molecule has 1 aromatic carbocycles. The molecule has 1 aliphatic carbocycles. The van der Waals surface area contributed by atoms with Crippen LogP contribution in [0.15, 0.2) is 16.6 Å². The third-order valence-corrected chi connectivity index (χ3v) is 5.32. The van der Waals surface area contributed by atoms with Gasteiger partial charge in [-0.25, -0.2) is 13.6 Å². The molecule has 1 aromatic rings. The highest BCUT2D eigenvalue weighted by atomic mass is 79.9. The van der Waals surface area contributed by atoms with Crippen molar-refractivity contribution in [3.05, 3.63) is 28.2 Å². The Kier molecular flexibility index (Phi) is 3.04. The van der Waals surface area contributed by atoms with Crippen LogP contribution >= 0.6 is 15.9 Å². The van der Waals surface area contributed by atoms with Crippen molar-refractivity contribution in [2.75, 3.05) is 18.4 Å². The summed E-state index contributed by atoms with van der Waals surface area (Å²) in [5.41, 5.74) is 0.577. The van der Waals surface area contributed by atoms with E-state index in [0.717, 1.165) is 25.2 Å². The Morgan fingerprint density at radius 3 is 2.45 bits per heavy atom. The van der Waals surface area contributed by atoms with Gasteiger partial charge in [0.2, 0.25) is 0 Å². The Hall–Kier alpha value is -1.17. The first-order chi connectivity index (χ1) is 9.30. The predicted molar refractivity (Wildman–Crippen MR) is 75.4 cm³/mol. The van der Waals surface area contributed by atoms with Gasteiger partial charge in [0.15, 0.2) is 11.6 Å². The van der Waals surface area contributed by atoms with Gasteiger partial charge in [-0.3, -0.25) is 0 Å². The fraction of sp³-hybridized carbons (Fsp3) is 0.500. The monoisotopic (exact) mass is 344 g/mol. The van der Waals surface area contributed by atoms with E-state index in [1.165, 1.54) is 0 Å². The number of hydrogen-bond acceptors (Lipinski definition) is 1. The Morgan fingerprint density at radius 2 is 1.85 bits per heavy atom. The summed E-state index contributed by atoms with van der Waals surface area (Å²) >= 11 is 3.12. The van der Waals surface area contributed by atoms with Gasteiger partial charge in [0.1, 0.15) is 0 Å². The minimum Gasteiger partial charge on any atom is -0.324 e. The molecule has 2 atom stereocenters. The van der Waals surface area contributed by atoms with Crippen molar-refractivity contribution in [3.8, 4) is 0 Å². The van der Waals surface area contributed by atoms with Crippen LogP contribution in [-0.2, 0) is 0 Å². The molecule has 20 heavy (non-hydrogen) atoms. The quantitative estimate of drug-likeness (QED) is 0.771. The van der Waals surface area contributed by atoms with Crippen LogP contribution in [0.25, 0.3) is 0 Å². The van der Waals surface area contributed by atoms with Crippen molar-refractivity contribution in [1.82, 2.24) is 4.90 Å². The van der Waals surface area contributed by atoms with Gasteiger partial charge in [-0.2, -0.15) is 0 Å². The molecule has 1 N–H and O–H groups in total. The normalized spacial score (nSPS) is 26.4. The highest BCUT2D eigenvalue weighted by Crippen LogP contribution is 2.61. The first-order valence-electron chi connectivity index (χ1n) is 6.51. The van der Waals surface area contributed by atoms with Crippen molar-refractivity contribution in [1.29, 1.82) is 0 Å². The molecule has 1 saturated heterocycles. The van der Waals surface area contributed by atoms with Crippen LogP contribution < -0.4 is 5.32 Å². The van der Waals surface area contributed by atoms with E-state index in [4.69, 9.17) is 0 Å². The number of benzene rings is 1. The molecule has 1 aliphatic heterocycles. The van der Waals surface area contributed by atoms with Crippen molar-refractivity contribution >= 4 is 27.6 Å². The molecule has 2 amide bonds. The van der Waals surface area contributed by atoms with Crippen LogP contribution in [0, 0.1) is 28.9 Å². The van der Waals surface area contributed by atoms with Crippen molar-refractivity contribution < 1.29 is 13.6 Å². The van der Waals surface area contributed by atoms with E-state index in [2.05, 4.69) is 35.1 Å². The minimum atomic E-state index is -0.978. The summed E-state index contributed by atoms with van der Waals surface area (Å²) < 4.78 is 26.5. The second-order valence-corrected chi connectivity index (χ2v) is 6.97. The molecular formula is C14H15BrF2N2O. The van der Waals surface area contributed by atoms with E-state index in [9.17, 15) is 13.6 Å². The van der Waals surface area contributed by atoms with Crippen molar-refractivity contribution in [2.24, 2.45) is 17.3 Å². The molecule has 6 heteroatoms. The number of halogens is 3. The van der Waals surface area contributed by atoms with Gasteiger partial charge in [-0.05, 0) is 39.2 Å². The molecule has 0 bridgehead atoms. The average molecular weight is 345 g/mol. The first-order valence-corrected chi connectivity index (χ1v) is 7.30. The molecule has 0 spiro atoms. The van der Waals surface area contributed by atoms with E-state index in [1.807, 2.05) is 0 Å². The number of hydrogen-bond donors (Lipinski definition) is 1. The molecule has 1 saturated carbocycles. The van der Waals surface area contributed by atoms with E-state index in [0.29, 0.717) is 21.7 Å². The predicted octanol–water partition coefficient (Wildman–Crippen LogP) is 3.85. The molecule has 0 aromatic heterocycles. The van der Waals surface area contributed by atoms with Gasteiger partial charge in [-0.15, -0.1) is 0 Å². The van der Waals surface area contributed by atoms with Crippen LogP contribution in [-0.4, -0.2) is 24.0 Å². The first kappa shape index (κ1) is 13.8. The van der Waals surface area contributed by atoms with Gasteiger partial charge in [-0.1, -0.05) is 13.8 Å². The number of amides is 2. The lowest BCUT2D eigenvalue weighted by molar-refractivity contribution is 0.209. The van der Waals surface area contributed by atoms with Crippen molar-refractivity contribution in [2.45, 2.75) is 13.8 Å². The number of urea groups is 1. The van der Waals surface area contributed by atoms with Crippen LogP contribution in [0.3, 0.4) is 0 Å². The van der Waals surface area contributed by atoms with Crippen LogP contribution in [0.4, 0.5) is 19.3 Å². The van der Waals surface area contributed by atoms with E-state index >= 15 is 0 Å². The highest BCUT2D eigenvalue weighted by Gasteiger charge is 2.62. The number of carbonyl (C=O) groups excluding carboxylic acids is 1. The third kappa shape index (κ3) is 2.10. The largest absolute Gasteiger partial charge is 0.324 e. The Balaban J connectivity index is 1.68. The second kappa shape index (κ2) is 4.41. The Bertz CT molecular complexity index is 577. The molecule has 2 fully saturated rings.